The normalized spacial score (nSPS) is 12.2. The fourth-order valence-electron chi connectivity index (χ4n) is 1.12. The minimum absolute atomic E-state index is 0.233. The summed E-state index contributed by atoms with van der Waals surface area (Å²) < 4.78 is 0. The van der Waals surface area contributed by atoms with E-state index in [0.29, 0.717) is 16.7 Å². The van der Waals surface area contributed by atoms with Gasteiger partial charge in [-0.15, -0.1) is 0 Å². The van der Waals surface area contributed by atoms with Crippen molar-refractivity contribution < 1.29 is 0 Å². The van der Waals surface area contributed by atoms with Gasteiger partial charge < -0.3 is 10.4 Å². The van der Waals surface area contributed by atoms with Crippen LogP contribution in [0.1, 0.15) is 26.6 Å². The summed E-state index contributed by atoms with van der Waals surface area (Å²) in [6, 6.07) is 0. The number of imidazole rings is 1. The predicted octanol–water partition coefficient (Wildman–Crippen LogP) is 3.14. The van der Waals surface area contributed by atoms with E-state index in [-0.39, 0.29) is 5.92 Å². The van der Waals surface area contributed by atoms with Gasteiger partial charge in [0, 0.05) is 5.71 Å². The maximum Gasteiger partial charge on any atom is 0.131 e. The Bertz CT molecular complexity index is 363. The van der Waals surface area contributed by atoms with E-state index >= 15 is 0 Å². The Hall–Kier alpha value is -1.09. The third kappa shape index (κ3) is 2.70. The van der Waals surface area contributed by atoms with Gasteiger partial charge in [-0.2, -0.15) is 0 Å². The van der Waals surface area contributed by atoms with E-state index in [1.54, 1.807) is 6.20 Å². The molecule has 1 aromatic rings. The van der Waals surface area contributed by atoms with Crippen molar-refractivity contribution in [2.75, 3.05) is 0 Å². The lowest BCUT2D eigenvalue weighted by atomic mass is 10.0. The topological polar surface area (TPSA) is 52.5 Å². The molecule has 3 nitrogen and oxygen atoms in total. The van der Waals surface area contributed by atoms with E-state index < -0.39 is 0 Å². The molecule has 0 radical (unpaired) electrons. The lowest BCUT2D eigenvalue weighted by Crippen LogP contribution is -2.06. The average molecular weight is 212 g/mol. The maximum absolute atomic E-state index is 7.76. The van der Waals surface area contributed by atoms with E-state index in [2.05, 4.69) is 9.97 Å². The number of hydrogen-bond donors (Lipinski definition) is 2. The first-order valence-corrected chi connectivity index (χ1v) is 4.86. The number of nitrogens with zero attached hydrogens (tertiary/aromatic N) is 1. The van der Waals surface area contributed by atoms with Crippen LogP contribution in [0.3, 0.4) is 0 Å². The Morgan fingerprint density at radius 2 is 2.29 bits per heavy atom. The van der Waals surface area contributed by atoms with Crippen molar-refractivity contribution in [2.24, 2.45) is 5.92 Å². The fraction of sp³-hybridized carbons (Fsp3) is 0.400. The quantitative estimate of drug-likeness (QED) is 0.742. The molecule has 0 fully saturated rings. The minimum atomic E-state index is 0.233. The standard InChI is InChI=1S/C10H14ClN3/c1-6(2)10(12)7(3)4-9-13-5-8(11)14-9/h4-6,12H,1-3H3,(H,13,14)/b7-4-,12-10?. The van der Waals surface area contributed by atoms with E-state index in [0.717, 1.165) is 5.57 Å². The Kier molecular flexibility index (Phi) is 3.47. The SMILES string of the molecule is C/C(=C/c1ncc(Cl)[nH]1)C(=N)C(C)C. The molecular formula is C10H14ClN3. The van der Waals surface area contributed by atoms with Crippen molar-refractivity contribution in [1.29, 1.82) is 5.41 Å². The summed E-state index contributed by atoms with van der Waals surface area (Å²) in [4.78, 5) is 6.92. The Balaban J connectivity index is 2.83. The third-order valence-electron chi connectivity index (χ3n) is 1.92. The lowest BCUT2D eigenvalue weighted by Gasteiger charge is -2.06. The van der Waals surface area contributed by atoms with Crippen LogP contribution in [0.5, 0.6) is 0 Å². The van der Waals surface area contributed by atoms with E-state index in [1.807, 2.05) is 26.8 Å². The van der Waals surface area contributed by atoms with Gasteiger partial charge in [0.25, 0.3) is 0 Å². The first kappa shape index (κ1) is 11.0. The van der Waals surface area contributed by atoms with Crippen LogP contribution < -0.4 is 0 Å². The van der Waals surface area contributed by atoms with Crippen LogP contribution in [0.25, 0.3) is 6.08 Å². The van der Waals surface area contributed by atoms with Gasteiger partial charge in [0.15, 0.2) is 0 Å². The summed E-state index contributed by atoms with van der Waals surface area (Å²) in [5, 5.41) is 8.28. The third-order valence-corrected chi connectivity index (χ3v) is 2.11. The van der Waals surface area contributed by atoms with E-state index in [4.69, 9.17) is 17.0 Å². The number of halogens is 1. The molecule has 0 aliphatic rings. The highest BCUT2D eigenvalue weighted by molar-refractivity contribution is 6.29. The molecule has 1 heterocycles. The molecule has 1 aromatic heterocycles. The zero-order chi connectivity index (χ0) is 10.7. The van der Waals surface area contributed by atoms with Crippen LogP contribution in [-0.4, -0.2) is 15.7 Å². The van der Waals surface area contributed by atoms with Gasteiger partial charge in [0.1, 0.15) is 11.0 Å². The van der Waals surface area contributed by atoms with Crippen molar-refractivity contribution in [3.63, 3.8) is 0 Å². The molecule has 0 aliphatic carbocycles. The summed E-state index contributed by atoms with van der Waals surface area (Å²) in [7, 11) is 0. The van der Waals surface area contributed by atoms with Crippen LogP contribution in [0.4, 0.5) is 0 Å². The highest BCUT2D eigenvalue weighted by Gasteiger charge is 2.05. The summed E-state index contributed by atoms with van der Waals surface area (Å²) >= 11 is 5.68. The molecule has 0 amide bonds. The Morgan fingerprint density at radius 1 is 1.64 bits per heavy atom. The molecule has 14 heavy (non-hydrogen) atoms. The Morgan fingerprint density at radius 3 is 2.71 bits per heavy atom. The highest BCUT2D eigenvalue weighted by Crippen LogP contribution is 2.11. The molecule has 0 aliphatic heterocycles. The zero-order valence-electron chi connectivity index (χ0n) is 8.56. The van der Waals surface area contributed by atoms with Crippen molar-refractivity contribution in [2.45, 2.75) is 20.8 Å². The average Bonchev–Trinajstić information content (AvgIpc) is 2.49. The second-order valence-corrected chi connectivity index (χ2v) is 3.92. The second-order valence-electron chi connectivity index (χ2n) is 3.51. The van der Waals surface area contributed by atoms with Crippen LogP contribution >= 0.6 is 11.6 Å². The molecule has 76 valence electrons. The van der Waals surface area contributed by atoms with Gasteiger partial charge in [0.05, 0.1) is 6.20 Å². The van der Waals surface area contributed by atoms with Crippen LogP contribution in [0.15, 0.2) is 11.8 Å². The highest BCUT2D eigenvalue weighted by atomic mass is 35.5. The number of nitrogens with one attached hydrogen (secondary N) is 2. The summed E-state index contributed by atoms with van der Waals surface area (Å²) in [6.07, 6.45) is 3.38. The molecule has 0 aromatic carbocycles. The number of aromatic amines is 1. The van der Waals surface area contributed by atoms with Crippen molar-refractivity contribution >= 4 is 23.4 Å². The number of rotatable bonds is 3. The molecule has 0 bridgehead atoms. The molecule has 2 N–H and O–H groups in total. The van der Waals surface area contributed by atoms with Crippen LogP contribution in [0.2, 0.25) is 5.15 Å². The van der Waals surface area contributed by atoms with Crippen molar-refractivity contribution in [1.82, 2.24) is 9.97 Å². The molecule has 1 rings (SSSR count). The monoisotopic (exact) mass is 211 g/mol. The van der Waals surface area contributed by atoms with Crippen molar-refractivity contribution in [3.8, 4) is 0 Å². The van der Waals surface area contributed by atoms with Gasteiger partial charge >= 0.3 is 0 Å². The fourth-order valence-corrected chi connectivity index (χ4v) is 1.27. The van der Waals surface area contributed by atoms with E-state index in [9.17, 15) is 0 Å². The maximum atomic E-state index is 7.76. The first-order chi connectivity index (χ1) is 6.50. The Labute approximate surface area is 88.7 Å². The number of hydrogen-bond acceptors (Lipinski definition) is 2. The number of aromatic nitrogens is 2. The predicted molar refractivity (Wildman–Crippen MR) is 59.8 cm³/mol. The molecule has 0 unspecified atom stereocenters. The minimum Gasteiger partial charge on any atom is -0.330 e. The smallest absolute Gasteiger partial charge is 0.131 e. The number of allylic oxidation sites excluding steroid dienone is 1. The molecule has 4 heteroatoms. The van der Waals surface area contributed by atoms with Crippen LogP contribution in [-0.2, 0) is 0 Å². The van der Waals surface area contributed by atoms with Crippen LogP contribution in [0, 0.1) is 11.3 Å². The van der Waals surface area contributed by atoms with Gasteiger partial charge in [-0.3, -0.25) is 0 Å². The number of H-pyrrole nitrogens is 1. The van der Waals surface area contributed by atoms with Gasteiger partial charge in [0.2, 0.25) is 0 Å². The largest absolute Gasteiger partial charge is 0.330 e. The zero-order valence-corrected chi connectivity index (χ0v) is 9.31. The summed E-state index contributed by atoms with van der Waals surface area (Å²) in [5.74, 6) is 0.926. The molecular weight excluding hydrogens is 198 g/mol. The first-order valence-electron chi connectivity index (χ1n) is 4.48. The molecule has 0 atom stereocenters. The summed E-state index contributed by atoms with van der Waals surface area (Å²) in [5.41, 5.74) is 1.53. The second kappa shape index (κ2) is 4.42. The molecule has 0 saturated heterocycles. The van der Waals surface area contributed by atoms with E-state index in [1.165, 1.54) is 0 Å². The lowest BCUT2D eigenvalue weighted by molar-refractivity contribution is 0.875. The van der Waals surface area contributed by atoms with Gasteiger partial charge in [-0.05, 0) is 24.5 Å². The van der Waals surface area contributed by atoms with Gasteiger partial charge in [-0.25, -0.2) is 4.98 Å². The van der Waals surface area contributed by atoms with Gasteiger partial charge in [-0.1, -0.05) is 25.4 Å². The summed E-state index contributed by atoms with van der Waals surface area (Å²) in [6.45, 7) is 5.89. The molecule has 0 saturated carbocycles. The molecule has 0 spiro atoms. The van der Waals surface area contributed by atoms with Crippen molar-refractivity contribution in [3.05, 3.63) is 22.7 Å².